The molecule has 116 valence electrons. The van der Waals surface area contributed by atoms with Gasteiger partial charge >= 0.3 is 5.97 Å². The Kier molecular flexibility index (Phi) is 5.37. The molecule has 1 aliphatic rings. The summed E-state index contributed by atoms with van der Waals surface area (Å²) in [6.45, 7) is 6.31. The highest BCUT2D eigenvalue weighted by Gasteiger charge is 2.26. The maximum atomic E-state index is 11.4. The van der Waals surface area contributed by atoms with Crippen LogP contribution in [0.4, 0.5) is 0 Å². The Morgan fingerprint density at radius 1 is 1.33 bits per heavy atom. The average molecular weight is 290 g/mol. The molecule has 1 aromatic carbocycles. The molecule has 0 spiro atoms. The molecule has 2 atom stereocenters. The number of hydrogen-bond donors (Lipinski definition) is 1. The number of aryl methyl sites for hydroxylation is 2. The molecule has 2 N–H and O–H groups in total. The lowest BCUT2D eigenvalue weighted by molar-refractivity contribution is -0.142. The third-order valence-electron chi connectivity index (χ3n) is 4.32. The fraction of sp³-hybridized carbons (Fsp3) is 0.588. The maximum Gasteiger partial charge on any atom is 0.319 e. The molecule has 0 aliphatic carbocycles. The normalized spacial score (nSPS) is 23.0. The largest absolute Gasteiger partial charge is 0.468 e. The van der Waals surface area contributed by atoms with Crippen molar-refractivity contribution in [1.82, 2.24) is 4.90 Å². The monoisotopic (exact) mass is 290 g/mol. The fourth-order valence-electron chi connectivity index (χ4n) is 3.14. The summed E-state index contributed by atoms with van der Waals surface area (Å²) in [5.74, 6) is 0.314. The zero-order valence-corrected chi connectivity index (χ0v) is 13.3. The van der Waals surface area contributed by atoms with Crippen molar-refractivity contribution in [3.63, 3.8) is 0 Å². The van der Waals surface area contributed by atoms with E-state index in [4.69, 9.17) is 10.5 Å². The van der Waals surface area contributed by atoms with Gasteiger partial charge in [-0.3, -0.25) is 9.69 Å². The van der Waals surface area contributed by atoms with Gasteiger partial charge in [-0.2, -0.15) is 0 Å². The average Bonchev–Trinajstić information content (AvgIpc) is 2.42. The molecule has 1 heterocycles. The first-order valence-electron chi connectivity index (χ1n) is 7.58. The summed E-state index contributed by atoms with van der Waals surface area (Å²) >= 11 is 0. The molecule has 0 amide bonds. The van der Waals surface area contributed by atoms with Crippen molar-refractivity contribution in [3.8, 4) is 0 Å². The van der Waals surface area contributed by atoms with Crippen molar-refractivity contribution in [3.05, 3.63) is 34.9 Å². The number of piperidine rings is 1. The number of rotatable bonds is 4. The van der Waals surface area contributed by atoms with E-state index >= 15 is 0 Å². The van der Waals surface area contributed by atoms with E-state index in [0.717, 1.165) is 25.9 Å². The van der Waals surface area contributed by atoms with Gasteiger partial charge < -0.3 is 10.5 Å². The van der Waals surface area contributed by atoms with Gasteiger partial charge in [0.05, 0.1) is 13.7 Å². The molecule has 4 nitrogen and oxygen atoms in total. The van der Waals surface area contributed by atoms with Gasteiger partial charge in [-0.25, -0.2) is 0 Å². The number of carbonyl (C=O) groups excluding carboxylic acids is 1. The third-order valence-corrected chi connectivity index (χ3v) is 4.32. The SMILES string of the molecule is COC(=O)CN1CC(N)CC(Cc2ccc(C)c(C)c2)C1. The topological polar surface area (TPSA) is 55.6 Å². The van der Waals surface area contributed by atoms with Crippen LogP contribution in [-0.4, -0.2) is 43.7 Å². The van der Waals surface area contributed by atoms with Crippen molar-refractivity contribution in [2.45, 2.75) is 32.7 Å². The van der Waals surface area contributed by atoms with E-state index in [1.807, 2.05) is 0 Å². The Bertz CT molecular complexity index is 502. The highest BCUT2D eigenvalue weighted by atomic mass is 16.5. The molecule has 0 saturated carbocycles. The van der Waals surface area contributed by atoms with E-state index in [-0.39, 0.29) is 12.0 Å². The van der Waals surface area contributed by atoms with Gasteiger partial charge in [0.2, 0.25) is 0 Å². The summed E-state index contributed by atoms with van der Waals surface area (Å²) in [4.78, 5) is 13.5. The standard InChI is InChI=1S/C17H26N2O2/c1-12-4-5-14(6-13(12)2)7-15-8-16(18)10-19(9-15)11-17(20)21-3/h4-6,15-16H,7-11,18H2,1-3H3. The molecule has 1 aromatic rings. The van der Waals surface area contributed by atoms with Crippen LogP contribution in [0.5, 0.6) is 0 Å². The van der Waals surface area contributed by atoms with Crippen molar-refractivity contribution in [1.29, 1.82) is 0 Å². The summed E-state index contributed by atoms with van der Waals surface area (Å²) in [5.41, 5.74) is 10.2. The fourth-order valence-corrected chi connectivity index (χ4v) is 3.14. The minimum Gasteiger partial charge on any atom is -0.468 e. The highest BCUT2D eigenvalue weighted by Crippen LogP contribution is 2.21. The van der Waals surface area contributed by atoms with Crippen LogP contribution >= 0.6 is 0 Å². The molecule has 1 fully saturated rings. The van der Waals surface area contributed by atoms with Gasteiger partial charge in [-0.05, 0) is 49.3 Å². The number of likely N-dealkylation sites (tertiary alicyclic amines) is 1. The second-order valence-electron chi connectivity index (χ2n) is 6.25. The maximum absolute atomic E-state index is 11.4. The summed E-state index contributed by atoms with van der Waals surface area (Å²) in [6.07, 6.45) is 2.04. The van der Waals surface area contributed by atoms with Gasteiger partial charge in [0, 0.05) is 19.1 Å². The molecule has 4 heteroatoms. The first-order chi connectivity index (χ1) is 9.97. The summed E-state index contributed by atoms with van der Waals surface area (Å²) in [7, 11) is 1.43. The lowest BCUT2D eigenvalue weighted by Crippen LogP contribution is -2.49. The first-order valence-corrected chi connectivity index (χ1v) is 7.58. The lowest BCUT2D eigenvalue weighted by atomic mass is 9.88. The van der Waals surface area contributed by atoms with Crippen LogP contribution in [0.15, 0.2) is 18.2 Å². The zero-order valence-electron chi connectivity index (χ0n) is 13.3. The van der Waals surface area contributed by atoms with Crippen LogP contribution in [-0.2, 0) is 16.0 Å². The molecule has 1 saturated heterocycles. The van der Waals surface area contributed by atoms with Crippen LogP contribution in [0.1, 0.15) is 23.1 Å². The lowest BCUT2D eigenvalue weighted by Gasteiger charge is -2.35. The van der Waals surface area contributed by atoms with Gasteiger partial charge in [0.25, 0.3) is 0 Å². The van der Waals surface area contributed by atoms with E-state index in [2.05, 4.69) is 36.9 Å². The number of ether oxygens (including phenoxy) is 1. The van der Waals surface area contributed by atoms with Crippen molar-refractivity contribution < 1.29 is 9.53 Å². The summed E-state index contributed by atoms with van der Waals surface area (Å²) < 4.78 is 4.75. The van der Waals surface area contributed by atoms with Gasteiger partial charge in [-0.15, -0.1) is 0 Å². The summed E-state index contributed by atoms with van der Waals surface area (Å²) in [5, 5.41) is 0. The second kappa shape index (κ2) is 7.05. The van der Waals surface area contributed by atoms with E-state index in [1.165, 1.54) is 23.8 Å². The third kappa shape index (κ3) is 4.55. The van der Waals surface area contributed by atoms with Crippen LogP contribution < -0.4 is 5.73 Å². The Morgan fingerprint density at radius 2 is 2.10 bits per heavy atom. The van der Waals surface area contributed by atoms with Gasteiger partial charge in [0.15, 0.2) is 0 Å². The number of methoxy groups -OCH3 is 1. The molecule has 0 aromatic heterocycles. The van der Waals surface area contributed by atoms with Gasteiger partial charge in [-0.1, -0.05) is 18.2 Å². The van der Waals surface area contributed by atoms with E-state index in [0.29, 0.717) is 12.5 Å². The number of esters is 1. The minimum absolute atomic E-state index is 0.139. The van der Waals surface area contributed by atoms with Gasteiger partial charge in [0.1, 0.15) is 0 Å². The molecule has 0 bridgehead atoms. The molecule has 21 heavy (non-hydrogen) atoms. The Morgan fingerprint density at radius 3 is 2.76 bits per heavy atom. The second-order valence-corrected chi connectivity index (χ2v) is 6.25. The van der Waals surface area contributed by atoms with E-state index in [1.54, 1.807) is 0 Å². The first kappa shape index (κ1) is 16.0. The minimum atomic E-state index is -0.186. The number of nitrogens with two attached hydrogens (primary N) is 1. The molecule has 1 aliphatic heterocycles. The Labute approximate surface area is 127 Å². The van der Waals surface area contributed by atoms with Crippen LogP contribution in [0.2, 0.25) is 0 Å². The quantitative estimate of drug-likeness (QED) is 0.857. The predicted molar refractivity (Wildman–Crippen MR) is 84.2 cm³/mol. The Hall–Kier alpha value is -1.39. The molecular weight excluding hydrogens is 264 g/mol. The molecule has 2 unspecified atom stereocenters. The number of nitrogens with zero attached hydrogens (tertiary/aromatic N) is 1. The number of benzene rings is 1. The van der Waals surface area contributed by atoms with Crippen LogP contribution in [0.3, 0.4) is 0 Å². The molecular formula is C17H26N2O2. The van der Waals surface area contributed by atoms with Crippen LogP contribution in [0, 0.1) is 19.8 Å². The van der Waals surface area contributed by atoms with Crippen molar-refractivity contribution >= 4 is 5.97 Å². The van der Waals surface area contributed by atoms with E-state index in [9.17, 15) is 4.79 Å². The smallest absolute Gasteiger partial charge is 0.319 e. The van der Waals surface area contributed by atoms with Crippen molar-refractivity contribution in [2.75, 3.05) is 26.7 Å². The van der Waals surface area contributed by atoms with E-state index < -0.39 is 0 Å². The summed E-state index contributed by atoms with van der Waals surface area (Å²) in [6, 6.07) is 6.78. The number of carbonyl (C=O) groups is 1. The molecule has 0 radical (unpaired) electrons. The number of hydrogen-bond acceptors (Lipinski definition) is 4. The highest BCUT2D eigenvalue weighted by molar-refractivity contribution is 5.71. The van der Waals surface area contributed by atoms with Crippen molar-refractivity contribution in [2.24, 2.45) is 11.7 Å². The zero-order chi connectivity index (χ0) is 15.4. The Balaban J connectivity index is 1.98. The van der Waals surface area contributed by atoms with Crippen LogP contribution in [0.25, 0.3) is 0 Å². The molecule has 2 rings (SSSR count). The predicted octanol–water partition coefficient (Wildman–Crippen LogP) is 1.67.